The number of carbonyl (C=O) groups excluding carboxylic acids is 1. The Morgan fingerprint density at radius 1 is 1.44 bits per heavy atom. The van der Waals surface area contributed by atoms with Gasteiger partial charge in [0, 0.05) is 18.7 Å². The number of alkyl carbamates (subject to hydrolysis) is 1. The van der Waals surface area contributed by atoms with Crippen LogP contribution in [0.5, 0.6) is 0 Å². The zero-order chi connectivity index (χ0) is 12.6. The Kier molecular flexibility index (Phi) is 6.72. The van der Waals surface area contributed by atoms with Gasteiger partial charge in [-0.25, -0.2) is 9.18 Å². The van der Waals surface area contributed by atoms with Gasteiger partial charge in [-0.2, -0.15) is 0 Å². The molecule has 0 aromatic rings. The number of carbonyl (C=O) groups is 1. The molecule has 4 nitrogen and oxygen atoms in total. The van der Waals surface area contributed by atoms with Crippen LogP contribution in [0.25, 0.3) is 0 Å². The Labute approximate surface area is 95.8 Å². The highest BCUT2D eigenvalue weighted by atomic mass is 19.1. The van der Waals surface area contributed by atoms with Gasteiger partial charge in [-0.15, -0.1) is 0 Å². The summed E-state index contributed by atoms with van der Waals surface area (Å²) < 4.78 is 22.4. The highest BCUT2D eigenvalue weighted by Gasteiger charge is 2.15. The molecule has 94 valence electrons. The molecule has 0 rings (SSSR count). The molecule has 0 fully saturated rings. The fourth-order valence-electron chi connectivity index (χ4n) is 0.854. The molecule has 16 heavy (non-hydrogen) atoms. The number of rotatable bonds is 5. The predicted octanol–water partition coefficient (Wildman–Crippen LogP) is 2.40. The second kappa shape index (κ2) is 7.22. The van der Waals surface area contributed by atoms with E-state index in [4.69, 9.17) is 9.47 Å². The number of ether oxygens (including phenoxy) is 2. The van der Waals surface area contributed by atoms with E-state index in [1.165, 1.54) is 0 Å². The molecule has 0 bridgehead atoms. The standard InChI is InChI=1S/C11H20FNO3/c1-5-15-8-9(6-12)7-13-10(14)16-11(2,3)4/h6H,5,7-8H2,1-4H3,(H,13,14)/b9-6+. The summed E-state index contributed by atoms with van der Waals surface area (Å²) in [4.78, 5) is 11.2. The number of hydrogen-bond donors (Lipinski definition) is 1. The van der Waals surface area contributed by atoms with Crippen molar-refractivity contribution in [2.45, 2.75) is 33.3 Å². The number of halogens is 1. The fourth-order valence-corrected chi connectivity index (χ4v) is 0.854. The van der Waals surface area contributed by atoms with Gasteiger partial charge in [-0.05, 0) is 27.7 Å². The molecule has 0 saturated heterocycles. The number of hydrogen-bond acceptors (Lipinski definition) is 3. The van der Waals surface area contributed by atoms with Crippen LogP contribution in [0.3, 0.4) is 0 Å². The summed E-state index contributed by atoms with van der Waals surface area (Å²) in [7, 11) is 0. The first kappa shape index (κ1) is 14.9. The Bertz CT molecular complexity index is 246. The molecular weight excluding hydrogens is 213 g/mol. The van der Waals surface area contributed by atoms with Gasteiger partial charge in [0.25, 0.3) is 0 Å². The van der Waals surface area contributed by atoms with E-state index in [0.29, 0.717) is 18.5 Å². The molecular formula is C11H20FNO3. The lowest BCUT2D eigenvalue weighted by Crippen LogP contribution is -2.34. The van der Waals surface area contributed by atoms with Crippen LogP contribution in [0.1, 0.15) is 27.7 Å². The monoisotopic (exact) mass is 233 g/mol. The van der Waals surface area contributed by atoms with Gasteiger partial charge in [0.15, 0.2) is 0 Å². The average molecular weight is 233 g/mol. The van der Waals surface area contributed by atoms with E-state index >= 15 is 0 Å². The molecule has 5 heteroatoms. The quantitative estimate of drug-likeness (QED) is 0.793. The van der Waals surface area contributed by atoms with E-state index in [-0.39, 0.29) is 13.2 Å². The van der Waals surface area contributed by atoms with E-state index in [1.807, 2.05) is 6.92 Å². The van der Waals surface area contributed by atoms with E-state index in [9.17, 15) is 9.18 Å². The van der Waals surface area contributed by atoms with Gasteiger partial charge in [0.1, 0.15) is 5.60 Å². The Morgan fingerprint density at radius 2 is 2.06 bits per heavy atom. The van der Waals surface area contributed by atoms with E-state index in [2.05, 4.69) is 5.32 Å². The third-order valence-electron chi connectivity index (χ3n) is 1.50. The zero-order valence-electron chi connectivity index (χ0n) is 10.3. The van der Waals surface area contributed by atoms with Gasteiger partial charge in [0.05, 0.1) is 12.9 Å². The van der Waals surface area contributed by atoms with Gasteiger partial charge in [0.2, 0.25) is 0 Å². The molecule has 0 aromatic heterocycles. The van der Waals surface area contributed by atoms with Crippen LogP contribution in [0.2, 0.25) is 0 Å². The molecule has 0 spiro atoms. The first-order valence-electron chi connectivity index (χ1n) is 5.21. The van der Waals surface area contributed by atoms with Crippen LogP contribution in [0.4, 0.5) is 9.18 Å². The first-order valence-corrected chi connectivity index (χ1v) is 5.21. The molecule has 0 unspecified atom stereocenters. The average Bonchev–Trinajstić information content (AvgIpc) is 2.15. The lowest BCUT2D eigenvalue weighted by molar-refractivity contribution is 0.0530. The highest BCUT2D eigenvalue weighted by Crippen LogP contribution is 2.06. The van der Waals surface area contributed by atoms with Crippen molar-refractivity contribution in [3.05, 3.63) is 11.9 Å². The Morgan fingerprint density at radius 3 is 2.50 bits per heavy atom. The predicted molar refractivity (Wildman–Crippen MR) is 59.9 cm³/mol. The summed E-state index contributed by atoms with van der Waals surface area (Å²) in [5.74, 6) is 0. The summed E-state index contributed by atoms with van der Waals surface area (Å²) in [6, 6.07) is 0. The summed E-state index contributed by atoms with van der Waals surface area (Å²) in [6.07, 6.45) is -0.129. The van der Waals surface area contributed by atoms with Crippen molar-refractivity contribution in [3.63, 3.8) is 0 Å². The van der Waals surface area contributed by atoms with Crippen LogP contribution >= 0.6 is 0 Å². The van der Waals surface area contributed by atoms with E-state index in [0.717, 1.165) is 0 Å². The molecule has 1 N–H and O–H groups in total. The Balaban J connectivity index is 3.90. The lowest BCUT2D eigenvalue weighted by Gasteiger charge is -2.19. The van der Waals surface area contributed by atoms with Crippen LogP contribution in [-0.4, -0.2) is 31.5 Å². The second-order valence-electron chi connectivity index (χ2n) is 4.26. The molecule has 0 heterocycles. The number of nitrogens with one attached hydrogen (secondary N) is 1. The summed E-state index contributed by atoms with van der Waals surface area (Å²) in [6.45, 7) is 7.87. The summed E-state index contributed by atoms with van der Waals surface area (Å²) in [5, 5.41) is 2.45. The molecule has 1 amide bonds. The third kappa shape index (κ3) is 8.23. The fraction of sp³-hybridized carbons (Fsp3) is 0.727. The lowest BCUT2D eigenvalue weighted by atomic mass is 10.2. The summed E-state index contributed by atoms with van der Waals surface area (Å²) >= 11 is 0. The number of amides is 1. The van der Waals surface area contributed by atoms with E-state index < -0.39 is 11.7 Å². The summed E-state index contributed by atoms with van der Waals surface area (Å²) in [5.41, 5.74) is -0.184. The molecule has 0 aliphatic rings. The molecule has 0 radical (unpaired) electrons. The minimum Gasteiger partial charge on any atom is -0.444 e. The van der Waals surface area contributed by atoms with E-state index in [1.54, 1.807) is 20.8 Å². The first-order chi connectivity index (χ1) is 7.39. The van der Waals surface area contributed by atoms with Crippen molar-refractivity contribution in [3.8, 4) is 0 Å². The van der Waals surface area contributed by atoms with Crippen molar-refractivity contribution in [2.75, 3.05) is 19.8 Å². The molecule has 0 saturated carbocycles. The Hall–Kier alpha value is -1.10. The van der Waals surface area contributed by atoms with Crippen LogP contribution in [0, 0.1) is 0 Å². The minimum absolute atomic E-state index is 0.0887. The van der Waals surface area contributed by atoms with Crippen molar-refractivity contribution in [2.24, 2.45) is 0 Å². The second-order valence-corrected chi connectivity index (χ2v) is 4.26. The van der Waals surface area contributed by atoms with Crippen molar-refractivity contribution < 1.29 is 18.7 Å². The van der Waals surface area contributed by atoms with Crippen molar-refractivity contribution in [1.29, 1.82) is 0 Å². The third-order valence-corrected chi connectivity index (χ3v) is 1.50. The molecule has 0 aliphatic carbocycles. The van der Waals surface area contributed by atoms with Crippen LogP contribution < -0.4 is 5.32 Å². The normalized spacial score (nSPS) is 12.4. The van der Waals surface area contributed by atoms with Crippen LogP contribution in [-0.2, 0) is 9.47 Å². The van der Waals surface area contributed by atoms with Crippen molar-refractivity contribution in [1.82, 2.24) is 5.32 Å². The zero-order valence-corrected chi connectivity index (χ0v) is 10.3. The maximum absolute atomic E-state index is 12.3. The molecule has 0 aliphatic heterocycles. The maximum atomic E-state index is 12.3. The SMILES string of the molecule is CCOC/C(=C/F)CNC(=O)OC(C)(C)C. The maximum Gasteiger partial charge on any atom is 0.407 e. The van der Waals surface area contributed by atoms with Gasteiger partial charge in [-0.3, -0.25) is 0 Å². The minimum atomic E-state index is -0.566. The van der Waals surface area contributed by atoms with Crippen molar-refractivity contribution >= 4 is 6.09 Å². The van der Waals surface area contributed by atoms with Gasteiger partial charge in [-0.1, -0.05) is 0 Å². The topological polar surface area (TPSA) is 47.6 Å². The van der Waals surface area contributed by atoms with Gasteiger partial charge >= 0.3 is 6.09 Å². The van der Waals surface area contributed by atoms with Gasteiger partial charge < -0.3 is 14.8 Å². The highest BCUT2D eigenvalue weighted by molar-refractivity contribution is 5.68. The molecule has 0 atom stereocenters. The smallest absolute Gasteiger partial charge is 0.407 e. The molecule has 0 aromatic carbocycles. The van der Waals surface area contributed by atoms with Crippen LogP contribution in [0.15, 0.2) is 11.9 Å². The largest absolute Gasteiger partial charge is 0.444 e.